The van der Waals surface area contributed by atoms with Gasteiger partial charge in [-0.2, -0.15) is 9.97 Å². The monoisotopic (exact) mass is 599 g/mol. The summed E-state index contributed by atoms with van der Waals surface area (Å²) in [5.74, 6) is 1.48. The average molecular weight is 600 g/mol. The fourth-order valence-corrected chi connectivity index (χ4v) is 7.96. The van der Waals surface area contributed by atoms with E-state index in [4.69, 9.17) is 21.9 Å². The largest absolute Gasteiger partial charge is 0.461 e. The van der Waals surface area contributed by atoms with Crippen LogP contribution in [-0.4, -0.2) is 76.4 Å². The van der Waals surface area contributed by atoms with E-state index >= 15 is 8.78 Å². The van der Waals surface area contributed by atoms with Crippen molar-refractivity contribution in [1.82, 2.24) is 25.2 Å². The average Bonchev–Trinajstić information content (AvgIpc) is 3.65. The molecule has 2 aromatic carbocycles. The maximum atomic E-state index is 16.8. The Kier molecular flexibility index (Phi) is 6.36. The second kappa shape index (κ2) is 10.2. The van der Waals surface area contributed by atoms with Gasteiger partial charge in [-0.15, -0.1) is 6.42 Å². The highest BCUT2D eigenvalue weighted by Crippen LogP contribution is 2.42. The first kappa shape index (κ1) is 27.4. The molecule has 4 aliphatic rings. The normalized spacial score (nSPS) is 26.4. The van der Waals surface area contributed by atoms with Crippen LogP contribution in [0.2, 0.25) is 0 Å². The van der Waals surface area contributed by atoms with Crippen molar-refractivity contribution in [1.29, 1.82) is 0 Å². The summed E-state index contributed by atoms with van der Waals surface area (Å²) < 4.78 is 53.7. The highest BCUT2D eigenvalue weighted by Gasteiger charge is 2.49. The van der Waals surface area contributed by atoms with Crippen LogP contribution in [0.1, 0.15) is 37.7 Å². The van der Waals surface area contributed by atoms with Crippen LogP contribution < -0.4 is 20.7 Å². The van der Waals surface area contributed by atoms with Crippen molar-refractivity contribution in [2.45, 2.75) is 55.9 Å². The van der Waals surface area contributed by atoms with Crippen molar-refractivity contribution in [2.24, 2.45) is 0 Å². The number of benzene rings is 2. The van der Waals surface area contributed by atoms with E-state index in [1.54, 1.807) is 18.2 Å². The molecule has 0 amide bonds. The minimum atomic E-state index is -0.915. The van der Waals surface area contributed by atoms with Crippen LogP contribution >= 0.6 is 0 Å². The number of fused-ring (bicyclic) bond motifs is 5. The molecule has 0 saturated carbocycles. The second-order valence-electron chi connectivity index (χ2n) is 12.6. The van der Waals surface area contributed by atoms with Gasteiger partial charge < -0.3 is 20.7 Å². The SMILES string of the molecule is C#Cc1cccc2nc(N)cc(-c3c(F)cc4c(N5CC6CCC(C5)N6)nc(OC[C@@]56CCCN5C[C@H](F)C6)nc4c3F)c12. The third-order valence-electron chi connectivity index (χ3n) is 9.87. The lowest BCUT2D eigenvalue weighted by atomic mass is 9.95. The molecule has 4 fully saturated rings. The van der Waals surface area contributed by atoms with Crippen LogP contribution in [-0.2, 0) is 0 Å². The Labute approximate surface area is 252 Å². The molecule has 4 atom stereocenters. The molecule has 4 aliphatic heterocycles. The molecule has 0 radical (unpaired) electrons. The number of hydrogen-bond donors (Lipinski definition) is 2. The zero-order chi connectivity index (χ0) is 30.2. The summed E-state index contributed by atoms with van der Waals surface area (Å²) in [5.41, 5.74) is 6.37. The molecular formula is C33H32F3N7O. The van der Waals surface area contributed by atoms with Crippen molar-refractivity contribution in [3.05, 3.63) is 47.5 Å². The number of nitrogens with one attached hydrogen (secondary N) is 1. The topological polar surface area (TPSA) is 92.4 Å². The predicted molar refractivity (Wildman–Crippen MR) is 163 cm³/mol. The van der Waals surface area contributed by atoms with Gasteiger partial charge in [-0.25, -0.2) is 18.2 Å². The lowest BCUT2D eigenvalue weighted by Gasteiger charge is -2.34. The number of nitrogens with two attached hydrogens (primary N) is 1. The summed E-state index contributed by atoms with van der Waals surface area (Å²) in [5, 5.41) is 4.27. The molecule has 11 heteroatoms. The van der Waals surface area contributed by atoms with E-state index in [9.17, 15) is 4.39 Å². The zero-order valence-electron chi connectivity index (χ0n) is 24.1. The number of nitrogens with zero attached hydrogens (tertiary/aromatic N) is 5. The first-order valence-corrected chi connectivity index (χ1v) is 15.2. The van der Waals surface area contributed by atoms with Gasteiger partial charge in [0.05, 0.1) is 16.6 Å². The Balaban J connectivity index is 1.29. The number of anilines is 2. The van der Waals surface area contributed by atoms with Gasteiger partial charge in [-0.3, -0.25) is 4.90 Å². The smallest absolute Gasteiger partial charge is 0.319 e. The Morgan fingerprint density at radius 2 is 1.93 bits per heavy atom. The minimum Gasteiger partial charge on any atom is -0.461 e. The second-order valence-corrected chi connectivity index (χ2v) is 12.6. The summed E-state index contributed by atoms with van der Waals surface area (Å²) in [4.78, 5) is 17.8. The van der Waals surface area contributed by atoms with E-state index in [0.29, 0.717) is 48.3 Å². The molecule has 0 aliphatic carbocycles. The molecular weight excluding hydrogens is 567 g/mol. The summed E-state index contributed by atoms with van der Waals surface area (Å²) in [6, 6.07) is 8.36. The first-order chi connectivity index (χ1) is 21.3. The van der Waals surface area contributed by atoms with Crippen molar-refractivity contribution >= 4 is 33.4 Å². The summed E-state index contributed by atoms with van der Waals surface area (Å²) in [7, 11) is 0. The molecule has 2 aromatic heterocycles. The van der Waals surface area contributed by atoms with Gasteiger partial charge in [0.25, 0.3) is 0 Å². The third kappa shape index (κ3) is 4.34. The first-order valence-electron chi connectivity index (χ1n) is 15.2. The lowest BCUT2D eigenvalue weighted by molar-refractivity contribution is 0.107. The van der Waals surface area contributed by atoms with E-state index < -0.39 is 23.3 Å². The maximum absolute atomic E-state index is 16.8. The van der Waals surface area contributed by atoms with Gasteiger partial charge in [-0.05, 0) is 56.5 Å². The quantitative estimate of drug-likeness (QED) is 0.322. The molecule has 2 bridgehead atoms. The van der Waals surface area contributed by atoms with Gasteiger partial charge in [0.15, 0.2) is 5.82 Å². The Hall–Kier alpha value is -4.14. The van der Waals surface area contributed by atoms with E-state index in [2.05, 4.69) is 31.0 Å². The number of nitrogen functional groups attached to an aromatic ring is 1. The molecule has 0 spiro atoms. The Bertz CT molecular complexity index is 1850. The van der Waals surface area contributed by atoms with Gasteiger partial charge in [0.1, 0.15) is 35.7 Å². The van der Waals surface area contributed by atoms with Crippen molar-refractivity contribution in [2.75, 3.05) is 43.4 Å². The number of terminal acetylenes is 1. The number of piperazine rings is 1. The van der Waals surface area contributed by atoms with E-state index in [1.165, 1.54) is 12.1 Å². The number of alkyl halides is 1. The van der Waals surface area contributed by atoms with Gasteiger partial charge in [0.2, 0.25) is 0 Å². The number of aromatic nitrogens is 3. The van der Waals surface area contributed by atoms with Gasteiger partial charge >= 0.3 is 6.01 Å². The highest BCUT2D eigenvalue weighted by atomic mass is 19.1. The number of halogens is 3. The van der Waals surface area contributed by atoms with Crippen LogP contribution in [0.4, 0.5) is 24.8 Å². The van der Waals surface area contributed by atoms with Crippen molar-refractivity contribution in [3.8, 4) is 29.5 Å². The molecule has 4 saturated heterocycles. The fourth-order valence-electron chi connectivity index (χ4n) is 7.96. The number of pyridine rings is 1. The van der Waals surface area contributed by atoms with Crippen LogP contribution in [0.3, 0.4) is 0 Å². The molecule has 226 valence electrons. The number of ether oxygens (including phenoxy) is 1. The number of hydrogen-bond acceptors (Lipinski definition) is 8. The Morgan fingerprint density at radius 1 is 1.11 bits per heavy atom. The summed E-state index contributed by atoms with van der Waals surface area (Å²) in [6.07, 6.45) is 9.07. The molecule has 8 nitrogen and oxygen atoms in total. The summed E-state index contributed by atoms with van der Waals surface area (Å²) >= 11 is 0. The molecule has 44 heavy (non-hydrogen) atoms. The van der Waals surface area contributed by atoms with Crippen molar-refractivity contribution < 1.29 is 17.9 Å². The lowest BCUT2D eigenvalue weighted by Crippen LogP contribution is -2.51. The third-order valence-corrected chi connectivity index (χ3v) is 9.87. The van der Waals surface area contributed by atoms with Crippen LogP contribution in [0.5, 0.6) is 6.01 Å². The molecule has 3 N–H and O–H groups in total. The van der Waals surface area contributed by atoms with E-state index in [1.807, 2.05) is 0 Å². The molecule has 4 aromatic rings. The highest BCUT2D eigenvalue weighted by molar-refractivity contribution is 6.03. The summed E-state index contributed by atoms with van der Waals surface area (Å²) in [6.45, 7) is 2.68. The molecule has 2 unspecified atom stereocenters. The van der Waals surface area contributed by atoms with E-state index in [0.717, 1.165) is 32.2 Å². The van der Waals surface area contributed by atoms with Crippen LogP contribution in [0.25, 0.3) is 32.9 Å². The standard InChI is InChI=1S/C33H32F3N7O/c1-2-18-5-3-6-25-27(18)22(12-26(37)39-25)28-24(35)11-23-30(29(28)36)40-32(41-31(23)42-15-20-7-8-21(16-42)38-20)44-17-33-9-4-10-43(33)14-19(34)13-33/h1,3,5-6,11-12,19-21,38H,4,7-10,13-17H2,(H2,37,39)/t19-,20?,21?,33+/m1/s1. The Morgan fingerprint density at radius 3 is 2.73 bits per heavy atom. The van der Waals surface area contributed by atoms with Crippen LogP contribution in [0.15, 0.2) is 30.3 Å². The minimum absolute atomic E-state index is 0.0122. The van der Waals surface area contributed by atoms with Crippen molar-refractivity contribution in [3.63, 3.8) is 0 Å². The zero-order valence-corrected chi connectivity index (χ0v) is 24.1. The molecule has 6 heterocycles. The van der Waals surface area contributed by atoms with Gasteiger partial charge in [0, 0.05) is 60.0 Å². The van der Waals surface area contributed by atoms with E-state index in [-0.39, 0.29) is 52.5 Å². The molecule has 8 rings (SSSR count). The maximum Gasteiger partial charge on any atom is 0.319 e. The van der Waals surface area contributed by atoms with Crippen LogP contribution in [0, 0.1) is 24.0 Å². The predicted octanol–water partition coefficient (Wildman–Crippen LogP) is 4.58. The van der Waals surface area contributed by atoms with Gasteiger partial charge in [-0.1, -0.05) is 12.0 Å². The number of rotatable bonds is 5. The fraction of sp³-hybridized carbons (Fsp3) is 0.424.